The summed E-state index contributed by atoms with van der Waals surface area (Å²) >= 11 is 0. The second kappa shape index (κ2) is 5.57. The van der Waals surface area contributed by atoms with Crippen molar-refractivity contribution in [2.75, 3.05) is 26.2 Å². The number of nitrogens with zero attached hydrogens (tertiary/aromatic N) is 1. The van der Waals surface area contributed by atoms with Crippen molar-refractivity contribution in [1.82, 2.24) is 10.2 Å². The maximum Gasteiger partial charge on any atom is 0.230 e. The maximum atomic E-state index is 12.9. The first kappa shape index (κ1) is 13.6. The lowest BCUT2D eigenvalue weighted by Crippen LogP contribution is -2.48. The van der Waals surface area contributed by atoms with E-state index in [-0.39, 0.29) is 5.92 Å². The number of carbonyl (C=O) groups excluding carboxylic acids is 1. The van der Waals surface area contributed by atoms with Gasteiger partial charge in [0.1, 0.15) is 0 Å². The van der Waals surface area contributed by atoms with Crippen LogP contribution in [0.25, 0.3) is 0 Å². The van der Waals surface area contributed by atoms with Crippen LogP contribution in [-0.4, -0.2) is 37.0 Å². The van der Waals surface area contributed by atoms with E-state index in [1.165, 1.54) is 29.5 Å². The third-order valence-corrected chi connectivity index (χ3v) is 4.68. The van der Waals surface area contributed by atoms with Gasteiger partial charge in [0.05, 0.1) is 5.92 Å². The molecule has 1 unspecified atom stereocenters. The van der Waals surface area contributed by atoms with Crippen molar-refractivity contribution in [3.05, 3.63) is 34.9 Å². The monoisotopic (exact) mass is 272 g/mol. The van der Waals surface area contributed by atoms with Crippen molar-refractivity contribution in [2.45, 2.75) is 32.6 Å². The van der Waals surface area contributed by atoms with Crippen LogP contribution >= 0.6 is 0 Å². The van der Waals surface area contributed by atoms with Crippen LogP contribution < -0.4 is 5.32 Å². The van der Waals surface area contributed by atoms with E-state index in [0.717, 1.165) is 26.2 Å². The predicted molar refractivity (Wildman–Crippen MR) is 80.8 cm³/mol. The maximum absolute atomic E-state index is 12.9. The van der Waals surface area contributed by atoms with Gasteiger partial charge in [0.2, 0.25) is 5.91 Å². The van der Waals surface area contributed by atoms with Crippen molar-refractivity contribution < 1.29 is 4.79 Å². The molecule has 1 heterocycles. The highest BCUT2D eigenvalue weighted by Crippen LogP contribution is 2.44. The third kappa shape index (κ3) is 2.73. The quantitative estimate of drug-likeness (QED) is 0.915. The highest BCUT2D eigenvalue weighted by Gasteiger charge is 2.39. The average molecular weight is 272 g/mol. The zero-order valence-electron chi connectivity index (χ0n) is 12.5. The summed E-state index contributed by atoms with van der Waals surface area (Å²) < 4.78 is 0. The Labute approximate surface area is 121 Å². The molecule has 20 heavy (non-hydrogen) atoms. The van der Waals surface area contributed by atoms with Crippen LogP contribution in [0.4, 0.5) is 0 Å². The normalized spacial score (nSPS) is 20.8. The molecule has 1 aliphatic heterocycles. The van der Waals surface area contributed by atoms with Gasteiger partial charge in [-0.05, 0) is 49.3 Å². The van der Waals surface area contributed by atoms with Gasteiger partial charge in [0, 0.05) is 26.2 Å². The molecule has 108 valence electrons. The lowest BCUT2D eigenvalue weighted by Gasteiger charge is -2.31. The zero-order valence-corrected chi connectivity index (χ0v) is 12.5. The molecule has 3 rings (SSSR count). The fourth-order valence-corrected chi connectivity index (χ4v) is 3.09. The van der Waals surface area contributed by atoms with Crippen LogP contribution in [0, 0.1) is 19.8 Å². The minimum atomic E-state index is 0.0902. The number of piperazine rings is 1. The fraction of sp³-hybridized carbons (Fsp3) is 0.588. The summed E-state index contributed by atoms with van der Waals surface area (Å²) in [4.78, 5) is 14.9. The van der Waals surface area contributed by atoms with E-state index >= 15 is 0 Å². The van der Waals surface area contributed by atoms with E-state index in [4.69, 9.17) is 0 Å². The lowest BCUT2D eigenvalue weighted by atomic mass is 9.90. The molecule has 1 amide bonds. The minimum Gasteiger partial charge on any atom is -0.340 e. The third-order valence-electron chi connectivity index (χ3n) is 4.68. The Bertz CT molecular complexity index is 502. The van der Waals surface area contributed by atoms with Gasteiger partial charge in [-0.3, -0.25) is 4.79 Å². The number of nitrogens with one attached hydrogen (secondary N) is 1. The molecule has 1 aromatic rings. The van der Waals surface area contributed by atoms with Gasteiger partial charge >= 0.3 is 0 Å². The molecule has 1 saturated carbocycles. The van der Waals surface area contributed by atoms with Crippen LogP contribution in [0.2, 0.25) is 0 Å². The molecule has 1 saturated heterocycles. The summed E-state index contributed by atoms with van der Waals surface area (Å²) in [6.07, 6.45) is 2.41. The number of aryl methyl sites for hydroxylation is 2. The summed E-state index contributed by atoms with van der Waals surface area (Å²) in [5.41, 5.74) is 3.82. The number of benzene rings is 1. The van der Waals surface area contributed by atoms with E-state index < -0.39 is 0 Å². The van der Waals surface area contributed by atoms with Gasteiger partial charge in [-0.1, -0.05) is 18.2 Å². The average Bonchev–Trinajstić information content (AvgIpc) is 3.28. The molecule has 1 aromatic carbocycles. The first-order chi connectivity index (χ1) is 9.66. The smallest absolute Gasteiger partial charge is 0.230 e. The topological polar surface area (TPSA) is 32.3 Å². The van der Waals surface area contributed by atoms with E-state index in [1.54, 1.807) is 0 Å². The summed E-state index contributed by atoms with van der Waals surface area (Å²) in [6, 6.07) is 6.54. The van der Waals surface area contributed by atoms with Gasteiger partial charge in [0.25, 0.3) is 0 Å². The summed E-state index contributed by atoms with van der Waals surface area (Å²) in [5, 5.41) is 3.32. The van der Waals surface area contributed by atoms with Crippen molar-refractivity contribution >= 4 is 5.91 Å². The zero-order chi connectivity index (χ0) is 14.1. The van der Waals surface area contributed by atoms with E-state index in [2.05, 4.69) is 42.3 Å². The second-order valence-electron chi connectivity index (χ2n) is 6.23. The Balaban J connectivity index is 1.84. The van der Waals surface area contributed by atoms with Crippen molar-refractivity contribution in [2.24, 2.45) is 5.92 Å². The van der Waals surface area contributed by atoms with Gasteiger partial charge < -0.3 is 10.2 Å². The number of hydrogen-bond donors (Lipinski definition) is 1. The van der Waals surface area contributed by atoms with Crippen LogP contribution in [0.5, 0.6) is 0 Å². The van der Waals surface area contributed by atoms with Gasteiger partial charge in [-0.25, -0.2) is 0 Å². The number of amides is 1. The standard InChI is InChI=1S/C17H24N2O/c1-12-3-4-15(11-13(12)2)16(14-5-6-14)17(20)19-9-7-18-8-10-19/h3-4,11,14,16,18H,5-10H2,1-2H3. The number of carbonyl (C=O) groups is 1. The highest BCUT2D eigenvalue weighted by atomic mass is 16.2. The van der Waals surface area contributed by atoms with Crippen molar-refractivity contribution in [1.29, 1.82) is 0 Å². The summed E-state index contributed by atoms with van der Waals surface area (Å²) in [5.74, 6) is 1.00. The predicted octanol–water partition coefficient (Wildman–Crippen LogP) is 2.23. The molecular weight excluding hydrogens is 248 g/mol. The van der Waals surface area contributed by atoms with Gasteiger partial charge in [-0.2, -0.15) is 0 Å². The Morgan fingerprint density at radius 2 is 1.90 bits per heavy atom. The summed E-state index contributed by atoms with van der Waals surface area (Å²) in [7, 11) is 0. The fourth-order valence-electron chi connectivity index (χ4n) is 3.09. The Kier molecular flexibility index (Phi) is 3.79. The van der Waals surface area contributed by atoms with Crippen LogP contribution in [-0.2, 0) is 4.79 Å². The van der Waals surface area contributed by atoms with E-state index in [0.29, 0.717) is 11.8 Å². The molecule has 1 N–H and O–H groups in total. The molecule has 0 bridgehead atoms. The SMILES string of the molecule is Cc1ccc(C(C(=O)N2CCNCC2)C2CC2)cc1C. The van der Waals surface area contributed by atoms with Crippen LogP contribution in [0.1, 0.15) is 35.4 Å². The molecule has 2 fully saturated rings. The van der Waals surface area contributed by atoms with Crippen LogP contribution in [0.3, 0.4) is 0 Å². The van der Waals surface area contributed by atoms with Crippen molar-refractivity contribution in [3.63, 3.8) is 0 Å². The van der Waals surface area contributed by atoms with Gasteiger partial charge in [0.15, 0.2) is 0 Å². The Morgan fingerprint density at radius 1 is 1.20 bits per heavy atom. The molecule has 3 nitrogen and oxygen atoms in total. The highest BCUT2D eigenvalue weighted by molar-refractivity contribution is 5.84. The summed E-state index contributed by atoms with van der Waals surface area (Å²) in [6.45, 7) is 7.83. The van der Waals surface area contributed by atoms with Gasteiger partial charge in [-0.15, -0.1) is 0 Å². The second-order valence-corrected chi connectivity index (χ2v) is 6.23. The Hall–Kier alpha value is -1.35. The molecular formula is C17H24N2O. The molecule has 0 spiro atoms. The lowest BCUT2D eigenvalue weighted by molar-refractivity contribution is -0.133. The molecule has 1 atom stereocenters. The first-order valence-electron chi connectivity index (χ1n) is 7.73. The number of hydrogen-bond acceptors (Lipinski definition) is 2. The minimum absolute atomic E-state index is 0.0902. The number of rotatable bonds is 3. The molecule has 0 radical (unpaired) electrons. The van der Waals surface area contributed by atoms with E-state index in [1.807, 2.05) is 0 Å². The Morgan fingerprint density at radius 3 is 2.50 bits per heavy atom. The molecule has 1 aliphatic carbocycles. The molecule has 2 aliphatic rings. The molecule has 3 heteroatoms. The molecule has 0 aromatic heterocycles. The van der Waals surface area contributed by atoms with E-state index in [9.17, 15) is 4.79 Å². The first-order valence-corrected chi connectivity index (χ1v) is 7.73. The largest absolute Gasteiger partial charge is 0.340 e. The van der Waals surface area contributed by atoms with Crippen molar-refractivity contribution in [3.8, 4) is 0 Å². The van der Waals surface area contributed by atoms with Crippen LogP contribution in [0.15, 0.2) is 18.2 Å².